The van der Waals surface area contributed by atoms with Crippen molar-refractivity contribution in [1.29, 1.82) is 0 Å². The van der Waals surface area contributed by atoms with E-state index in [4.69, 9.17) is 4.74 Å². The van der Waals surface area contributed by atoms with Crippen LogP contribution in [0.3, 0.4) is 0 Å². The number of nitrogens with zero attached hydrogens (tertiary/aromatic N) is 1. The van der Waals surface area contributed by atoms with E-state index in [0.29, 0.717) is 5.56 Å². The zero-order valence-electron chi connectivity index (χ0n) is 13.6. The van der Waals surface area contributed by atoms with E-state index in [9.17, 15) is 29.7 Å². The van der Waals surface area contributed by atoms with Gasteiger partial charge in [-0.15, -0.1) is 0 Å². The number of carbonyl (C=O) groups excluding carboxylic acids is 1. The number of hydrogen-bond acceptors (Lipinski definition) is 7. The standard InChI is InChI=1S/C17H18N2O7/c20-9-11-14(23)15(24)17(26-11,19-7-6-13(22)18-16(19)25)12(21)8-10-4-2-1-3-5-10/h1-7,11,14-15,20,23-24H,8-9H2,(H,18,22,25)/t11-,14-,15-,17-/m1/s1. The van der Waals surface area contributed by atoms with Crippen molar-refractivity contribution in [1.82, 2.24) is 9.55 Å². The lowest BCUT2D eigenvalue weighted by Crippen LogP contribution is -2.57. The van der Waals surface area contributed by atoms with Gasteiger partial charge in [-0.2, -0.15) is 0 Å². The number of aliphatic hydroxyl groups excluding tert-OH is 3. The number of nitrogens with one attached hydrogen (secondary N) is 1. The van der Waals surface area contributed by atoms with Crippen LogP contribution < -0.4 is 11.2 Å². The largest absolute Gasteiger partial charge is 0.394 e. The number of rotatable bonds is 5. The number of aromatic amines is 1. The number of hydrogen-bond donors (Lipinski definition) is 4. The lowest BCUT2D eigenvalue weighted by atomic mass is 9.93. The number of ether oxygens (including phenoxy) is 1. The summed E-state index contributed by atoms with van der Waals surface area (Å²) >= 11 is 0. The predicted octanol–water partition coefficient (Wildman–Crippen LogP) is -1.89. The Morgan fingerprint density at radius 3 is 2.46 bits per heavy atom. The highest BCUT2D eigenvalue weighted by Crippen LogP contribution is 2.36. The summed E-state index contributed by atoms with van der Waals surface area (Å²) in [5.41, 5.74) is -3.34. The molecule has 1 aromatic heterocycles. The quantitative estimate of drug-likeness (QED) is 0.487. The molecule has 0 bridgehead atoms. The van der Waals surface area contributed by atoms with E-state index in [1.807, 2.05) is 4.98 Å². The highest BCUT2D eigenvalue weighted by atomic mass is 16.6. The molecule has 9 nitrogen and oxygen atoms in total. The van der Waals surface area contributed by atoms with Gasteiger partial charge < -0.3 is 20.1 Å². The molecule has 1 fully saturated rings. The van der Waals surface area contributed by atoms with E-state index in [2.05, 4.69) is 0 Å². The number of Topliss-reactive ketones (excluding diaryl/α,β-unsaturated/α-hetero) is 1. The van der Waals surface area contributed by atoms with Crippen LogP contribution in [-0.4, -0.2) is 55.6 Å². The molecule has 1 saturated heterocycles. The van der Waals surface area contributed by atoms with Crippen LogP contribution in [0.25, 0.3) is 0 Å². The third kappa shape index (κ3) is 2.90. The maximum Gasteiger partial charge on any atom is 0.331 e. The van der Waals surface area contributed by atoms with Crippen LogP contribution in [0.15, 0.2) is 52.2 Å². The summed E-state index contributed by atoms with van der Waals surface area (Å²) in [6.07, 6.45) is -3.88. The summed E-state index contributed by atoms with van der Waals surface area (Å²) in [4.78, 5) is 38.7. The number of benzene rings is 1. The first kappa shape index (κ1) is 18.2. The smallest absolute Gasteiger partial charge is 0.331 e. The SMILES string of the molecule is O=C(Cc1ccccc1)[C@@]1(n2ccc(=O)[nH]c2=O)O[C@H](CO)[C@@H](O)[C@H]1O. The van der Waals surface area contributed by atoms with Gasteiger partial charge in [0.2, 0.25) is 5.72 Å². The molecule has 1 aliphatic rings. The summed E-state index contributed by atoms with van der Waals surface area (Å²) in [6, 6.07) is 9.57. The van der Waals surface area contributed by atoms with E-state index in [1.165, 1.54) is 0 Å². The average molecular weight is 362 g/mol. The molecule has 0 spiro atoms. The average Bonchev–Trinajstić information content (AvgIpc) is 2.88. The van der Waals surface area contributed by atoms with E-state index in [1.54, 1.807) is 30.3 Å². The van der Waals surface area contributed by atoms with Crippen molar-refractivity contribution in [2.75, 3.05) is 6.61 Å². The van der Waals surface area contributed by atoms with Crippen LogP contribution in [0.5, 0.6) is 0 Å². The first-order chi connectivity index (χ1) is 12.4. The lowest BCUT2D eigenvalue weighted by molar-refractivity contribution is -0.175. The normalized spacial score (nSPS) is 28.2. The van der Waals surface area contributed by atoms with Gasteiger partial charge in [0.25, 0.3) is 5.56 Å². The fraction of sp³-hybridized carbons (Fsp3) is 0.353. The molecule has 9 heteroatoms. The Morgan fingerprint density at radius 2 is 1.88 bits per heavy atom. The van der Waals surface area contributed by atoms with E-state index >= 15 is 0 Å². The second kappa shape index (κ2) is 6.96. The predicted molar refractivity (Wildman–Crippen MR) is 88.4 cm³/mol. The van der Waals surface area contributed by atoms with Crippen molar-refractivity contribution >= 4 is 5.78 Å². The fourth-order valence-electron chi connectivity index (χ4n) is 3.10. The van der Waals surface area contributed by atoms with Crippen molar-refractivity contribution in [2.45, 2.75) is 30.5 Å². The first-order valence-electron chi connectivity index (χ1n) is 7.94. The van der Waals surface area contributed by atoms with Crippen molar-refractivity contribution < 1.29 is 24.9 Å². The molecule has 2 heterocycles. The molecule has 1 aliphatic heterocycles. The van der Waals surface area contributed by atoms with Gasteiger partial charge in [0.05, 0.1) is 6.61 Å². The van der Waals surface area contributed by atoms with Gasteiger partial charge in [-0.1, -0.05) is 30.3 Å². The molecule has 0 saturated carbocycles. The third-order valence-electron chi connectivity index (χ3n) is 4.41. The number of ketones is 1. The van der Waals surface area contributed by atoms with Gasteiger partial charge in [0.1, 0.15) is 18.3 Å². The van der Waals surface area contributed by atoms with Gasteiger partial charge >= 0.3 is 5.69 Å². The number of aliphatic hydroxyl groups is 3. The first-order valence-corrected chi connectivity index (χ1v) is 7.94. The van der Waals surface area contributed by atoms with E-state index in [0.717, 1.165) is 16.8 Å². The topological polar surface area (TPSA) is 142 Å². The Labute approximate surface area is 147 Å². The molecule has 3 rings (SSSR count). The van der Waals surface area contributed by atoms with E-state index in [-0.39, 0.29) is 6.42 Å². The maximum atomic E-state index is 13.1. The van der Waals surface area contributed by atoms with Crippen LogP contribution >= 0.6 is 0 Å². The zero-order valence-corrected chi connectivity index (χ0v) is 13.6. The van der Waals surface area contributed by atoms with Crippen LogP contribution in [0.4, 0.5) is 0 Å². The minimum absolute atomic E-state index is 0.200. The van der Waals surface area contributed by atoms with Gasteiger partial charge in [-0.05, 0) is 5.56 Å². The van der Waals surface area contributed by atoms with Crippen LogP contribution in [0.2, 0.25) is 0 Å². The Bertz CT molecular complexity index is 907. The molecule has 26 heavy (non-hydrogen) atoms. The minimum Gasteiger partial charge on any atom is -0.394 e. The third-order valence-corrected chi connectivity index (χ3v) is 4.41. The van der Waals surface area contributed by atoms with Crippen molar-refractivity contribution in [3.05, 3.63) is 69.0 Å². The second-order valence-corrected chi connectivity index (χ2v) is 6.04. The highest BCUT2D eigenvalue weighted by molar-refractivity contribution is 5.88. The van der Waals surface area contributed by atoms with Gasteiger partial charge in [-0.25, -0.2) is 4.79 Å². The molecule has 2 aromatic rings. The molecular formula is C17H18N2O7. The van der Waals surface area contributed by atoms with Gasteiger partial charge in [-0.3, -0.25) is 19.1 Å². The summed E-state index contributed by atoms with van der Waals surface area (Å²) in [6.45, 7) is -0.670. The molecule has 1 aromatic carbocycles. The van der Waals surface area contributed by atoms with E-state index < -0.39 is 47.7 Å². The lowest BCUT2D eigenvalue weighted by Gasteiger charge is -2.32. The Hall–Kier alpha value is -2.59. The zero-order chi connectivity index (χ0) is 18.9. The number of aromatic nitrogens is 2. The van der Waals surface area contributed by atoms with Crippen LogP contribution in [0.1, 0.15) is 5.56 Å². The molecule has 0 unspecified atom stereocenters. The fourth-order valence-corrected chi connectivity index (χ4v) is 3.10. The van der Waals surface area contributed by atoms with Crippen LogP contribution in [-0.2, 0) is 21.7 Å². The number of H-pyrrole nitrogens is 1. The Kier molecular flexibility index (Phi) is 4.88. The highest BCUT2D eigenvalue weighted by Gasteiger charge is 2.60. The Balaban J connectivity index is 2.12. The molecule has 4 N–H and O–H groups in total. The summed E-state index contributed by atoms with van der Waals surface area (Å²) < 4.78 is 6.24. The van der Waals surface area contributed by atoms with Crippen LogP contribution in [0, 0.1) is 0 Å². The monoisotopic (exact) mass is 362 g/mol. The minimum atomic E-state index is -2.27. The number of carbonyl (C=O) groups is 1. The molecule has 138 valence electrons. The molecule has 0 amide bonds. The van der Waals surface area contributed by atoms with Gasteiger partial charge in [0, 0.05) is 18.7 Å². The van der Waals surface area contributed by atoms with Crippen molar-refractivity contribution in [3.8, 4) is 0 Å². The van der Waals surface area contributed by atoms with Crippen molar-refractivity contribution in [3.63, 3.8) is 0 Å². The molecule has 4 atom stereocenters. The molecule has 0 aliphatic carbocycles. The second-order valence-electron chi connectivity index (χ2n) is 6.04. The van der Waals surface area contributed by atoms with Crippen molar-refractivity contribution in [2.24, 2.45) is 0 Å². The summed E-state index contributed by atoms with van der Waals surface area (Å²) in [7, 11) is 0. The summed E-state index contributed by atoms with van der Waals surface area (Å²) in [5.74, 6) is -0.708. The molecule has 0 radical (unpaired) electrons. The molecular weight excluding hydrogens is 344 g/mol. The van der Waals surface area contributed by atoms with Gasteiger partial charge in [0.15, 0.2) is 5.78 Å². The summed E-state index contributed by atoms with van der Waals surface area (Å²) in [5, 5.41) is 30.1. The maximum absolute atomic E-state index is 13.1. The Morgan fingerprint density at radius 1 is 1.19 bits per heavy atom.